The van der Waals surface area contributed by atoms with E-state index in [1.807, 2.05) is 24.3 Å². The SMILES string of the molecule is COc1ccc(-c2ncc(C(=O)NCCCC(=O)O)s2)cc1. The predicted octanol–water partition coefficient (Wildman–Crippen LogP) is 2.41. The van der Waals surface area contributed by atoms with Crippen LogP contribution in [0.25, 0.3) is 10.6 Å². The minimum Gasteiger partial charge on any atom is -0.497 e. The Hall–Kier alpha value is -2.41. The highest BCUT2D eigenvalue weighted by atomic mass is 32.1. The number of carboxylic acid groups (broad SMARTS) is 1. The first-order valence-corrected chi connectivity index (χ1v) is 7.52. The number of carbonyl (C=O) groups excluding carboxylic acids is 1. The van der Waals surface area contributed by atoms with Gasteiger partial charge in [0.1, 0.15) is 15.6 Å². The minimum absolute atomic E-state index is 0.0417. The monoisotopic (exact) mass is 320 g/mol. The number of rotatable bonds is 7. The normalized spacial score (nSPS) is 10.2. The van der Waals surface area contributed by atoms with Crippen LogP contribution in [-0.2, 0) is 4.79 Å². The fraction of sp³-hybridized carbons (Fsp3) is 0.267. The van der Waals surface area contributed by atoms with E-state index in [1.165, 1.54) is 17.5 Å². The van der Waals surface area contributed by atoms with Gasteiger partial charge in [0.15, 0.2) is 0 Å². The third kappa shape index (κ3) is 4.29. The molecule has 6 nitrogen and oxygen atoms in total. The van der Waals surface area contributed by atoms with Crippen LogP contribution in [0.3, 0.4) is 0 Å². The van der Waals surface area contributed by atoms with Gasteiger partial charge < -0.3 is 15.2 Å². The van der Waals surface area contributed by atoms with E-state index in [1.54, 1.807) is 7.11 Å². The van der Waals surface area contributed by atoms with Crippen LogP contribution in [0.5, 0.6) is 5.75 Å². The zero-order chi connectivity index (χ0) is 15.9. The maximum atomic E-state index is 11.9. The van der Waals surface area contributed by atoms with Gasteiger partial charge in [0.2, 0.25) is 0 Å². The number of nitrogens with zero attached hydrogens (tertiary/aromatic N) is 1. The summed E-state index contributed by atoms with van der Waals surface area (Å²) in [5.74, 6) is -0.340. The van der Waals surface area contributed by atoms with Crippen molar-refractivity contribution in [3.05, 3.63) is 35.3 Å². The summed E-state index contributed by atoms with van der Waals surface area (Å²) in [5.41, 5.74) is 0.913. The van der Waals surface area contributed by atoms with Crippen molar-refractivity contribution in [3.8, 4) is 16.3 Å². The molecule has 0 saturated carbocycles. The molecule has 0 spiro atoms. The lowest BCUT2D eigenvalue weighted by Gasteiger charge is -2.01. The van der Waals surface area contributed by atoms with Crippen LogP contribution in [0.15, 0.2) is 30.5 Å². The molecule has 0 bridgehead atoms. The maximum absolute atomic E-state index is 11.9. The van der Waals surface area contributed by atoms with Gasteiger partial charge in [-0.05, 0) is 30.7 Å². The third-order valence-electron chi connectivity index (χ3n) is 2.92. The van der Waals surface area contributed by atoms with Gasteiger partial charge in [-0.2, -0.15) is 0 Å². The topological polar surface area (TPSA) is 88.5 Å². The van der Waals surface area contributed by atoms with Gasteiger partial charge in [-0.3, -0.25) is 9.59 Å². The second-order valence-corrected chi connectivity index (χ2v) is 5.54. The second-order valence-electron chi connectivity index (χ2n) is 4.51. The first kappa shape index (κ1) is 16.0. The molecule has 0 aliphatic carbocycles. The Kier molecular flexibility index (Phi) is 5.48. The largest absolute Gasteiger partial charge is 0.497 e. The van der Waals surface area contributed by atoms with Crippen LogP contribution >= 0.6 is 11.3 Å². The zero-order valence-electron chi connectivity index (χ0n) is 12.0. The van der Waals surface area contributed by atoms with Crippen molar-refractivity contribution in [1.29, 1.82) is 0 Å². The fourth-order valence-corrected chi connectivity index (χ4v) is 2.61. The number of ether oxygens (including phenoxy) is 1. The second kappa shape index (κ2) is 7.56. The molecule has 7 heteroatoms. The van der Waals surface area contributed by atoms with Gasteiger partial charge in [-0.15, -0.1) is 11.3 Å². The van der Waals surface area contributed by atoms with Gasteiger partial charge in [0.05, 0.1) is 13.3 Å². The Morgan fingerprint density at radius 3 is 2.68 bits per heavy atom. The van der Waals surface area contributed by atoms with Gasteiger partial charge >= 0.3 is 5.97 Å². The van der Waals surface area contributed by atoms with Crippen molar-refractivity contribution >= 4 is 23.2 Å². The Bertz CT molecular complexity index is 652. The number of hydrogen-bond acceptors (Lipinski definition) is 5. The smallest absolute Gasteiger partial charge is 0.303 e. The summed E-state index contributed by atoms with van der Waals surface area (Å²) in [4.78, 5) is 27.1. The molecule has 1 aromatic carbocycles. The van der Waals surface area contributed by atoms with E-state index in [0.717, 1.165) is 16.3 Å². The molecule has 116 valence electrons. The highest BCUT2D eigenvalue weighted by Gasteiger charge is 2.11. The van der Waals surface area contributed by atoms with Crippen LogP contribution in [0, 0.1) is 0 Å². The summed E-state index contributed by atoms with van der Waals surface area (Å²) in [7, 11) is 1.60. The summed E-state index contributed by atoms with van der Waals surface area (Å²) in [6.07, 6.45) is 1.97. The Morgan fingerprint density at radius 2 is 2.05 bits per heavy atom. The van der Waals surface area contributed by atoms with E-state index in [0.29, 0.717) is 17.8 Å². The number of amides is 1. The molecule has 2 N–H and O–H groups in total. The number of aliphatic carboxylic acids is 1. The molecule has 0 fully saturated rings. The van der Waals surface area contributed by atoms with Gasteiger partial charge in [0.25, 0.3) is 5.91 Å². The highest BCUT2D eigenvalue weighted by molar-refractivity contribution is 7.16. The van der Waals surface area contributed by atoms with Crippen LogP contribution in [-0.4, -0.2) is 35.6 Å². The number of benzene rings is 1. The van der Waals surface area contributed by atoms with Gasteiger partial charge in [-0.25, -0.2) is 4.98 Å². The fourth-order valence-electron chi connectivity index (χ4n) is 1.77. The van der Waals surface area contributed by atoms with E-state index < -0.39 is 5.97 Å². The molecular formula is C15H16N2O4S. The average Bonchev–Trinajstić information content (AvgIpc) is 3.01. The molecule has 1 aromatic heterocycles. The van der Waals surface area contributed by atoms with Gasteiger partial charge in [-0.1, -0.05) is 0 Å². The summed E-state index contributed by atoms with van der Waals surface area (Å²) in [5, 5.41) is 12.0. The van der Waals surface area contributed by atoms with Crippen molar-refractivity contribution < 1.29 is 19.4 Å². The summed E-state index contributed by atoms with van der Waals surface area (Å²) in [6.45, 7) is 0.334. The number of nitrogens with one attached hydrogen (secondary N) is 1. The average molecular weight is 320 g/mol. The van der Waals surface area contributed by atoms with Crippen molar-refractivity contribution in [2.24, 2.45) is 0 Å². The molecule has 2 aromatic rings. The molecule has 0 saturated heterocycles. The van der Waals surface area contributed by atoms with E-state index in [4.69, 9.17) is 9.84 Å². The van der Waals surface area contributed by atoms with Crippen LogP contribution in [0.1, 0.15) is 22.5 Å². The van der Waals surface area contributed by atoms with Crippen LogP contribution in [0.4, 0.5) is 0 Å². The molecule has 2 rings (SSSR count). The molecule has 0 atom stereocenters. The lowest BCUT2D eigenvalue weighted by Crippen LogP contribution is -2.23. The Labute approximate surface area is 131 Å². The number of carbonyl (C=O) groups is 2. The molecule has 0 aliphatic heterocycles. The Morgan fingerprint density at radius 1 is 1.32 bits per heavy atom. The molecule has 0 aliphatic rings. The lowest BCUT2D eigenvalue weighted by molar-refractivity contribution is -0.137. The molecule has 0 unspecified atom stereocenters. The third-order valence-corrected chi connectivity index (χ3v) is 3.96. The maximum Gasteiger partial charge on any atom is 0.303 e. The van der Waals surface area contributed by atoms with E-state index in [-0.39, 0.29) is 12.3 Å². The van der Waals surface area contributed by atoms with Crippen LogP contribution in [0.2, 0.25) is 0 Å². The molecule has 22 heavy (non-hydrogen) atoms. The molecule has 0 radical (unpaired) electrons. The van der Waals surface area contributed by atoms with Crippen molar-refractivity contribution in [3.63, 3.8) is 0 Å². The van der Waals surface area contributed by atoms with E-state index in [9.17, 15) is 9.59 Å². The summed E-state index contributed by atoms with van der Waals surface area (Å²) >= 11 is 1.29. The van der Waals surface area contributed by atoms with Crippen molar-refractivity contribution in [2.45, 2.75) is 12.8 Å². The van der Waals surface area contributed by atoms with E-state index >= 15 is 0 Å². The molecular weight excluding hydrogens is 304 g/mol. The number of hydrogen-bond donors (Lipinski definition) is 2. The number of methoxy groups -OCH3 is 1. The van der Waals surface area contributed by atoms with E-state index in [2.05, 4.69) is 10.3 Å². The van der Waals surface area contributed by atoms with Crippen LogP contribution < -0.4 is 10.1 Å². The Balaban J connectivity index is 1.95. The highest BCUT2D eigenvalue weighted by Crippen LogP contribution is 2.26. The number of aromatic nitrogens is 1. The predicted molar refractivity (Wildman–Crippen MR) is 83.3 cm³/mol. The number of thiazole rings is 1. The molecule has 1 amide bonds. The molecule has 1 heterocycles. The van der Waals surface area contributed by atoms with Crippen molar-refractivity contribution in [1.82, 2.24) is 10.3 Å². The lowest BCUT2D eigenvalue weighted by atomic mass is 10.2. The quantitative estimate of drug-likeness (QED) is 0.765. The minimum atomic E-state index is -0.867. The first-order chi connectivity index (χ1) is 10.6. The summed E-state index contributed by atoms with van der Waals surface area (Å²) in [6, 6.07) is 7.43. The standard InChI is InChI=1S/C15H16N2O4S/c1-21-11-6-4-10(5-7-11)15-17-9-12(22-15)14(20)16-8-2-3-13(18)19/h4-7,9H,2-3,8H2,1H3,(H,16,20)(H,18,19). The zero-order valence-corrected chi connectivity index (χ0v) is 12.9. The number of carboxylic acids is 1. The van der Waals surface area contributed by atoms with Crippen molar-refractivity contribution in [2.75, 3.05) is 13.7 Å². The summed E-state index contributed by atoms with van der Waals surface area (Å²) < 4.78 is 5.10. The first-order valence-electron chi connectivity index (χ1n) is 6.70. The van der Waals surface area contributed by atoms with Gasteiger partial charge in [0, 0.05) is 18.5 Å².